The van der Waals surface area contributed by atoms with Crippen LogP contribution in [0.5, 0.6) is 11.5 Å². The SMILES string of the molecule is COc1cccc(N(Cc2ccc(-c3nnc(C(F)F)o3)cc2F)C(=O)N2CCN(C3COC3)CC2)c1.COc1cccc(N(Cc2ccc(C(=O)CN)cc2F)C(=O)N2CCN(C3COC3)CC2)c1. The minimum atomic E-state index is -2.92. The van der Waals surface area contributed by atoms with Crippen molar-refractivity contribution in [1.29, 1.82) is 0 Å². The second-order valence-electron chi connectivity index (χ2n) is 17.1. The molecule has 9 rings (SSSR count). The highest BCUT2D eigenvalue weighted by Crippen LogP contribution is 2.30. The molecule has 17 nitrogen and oxygen atoms in total. The van der Waals surface area contributed by atoms with Gasteiger partial charge in [-0.05, 0) is 42.5 Å². The van der Waals surface area contributed by atoms with E-state index in [-0.39, 0.29) is 60.1 Å². The largest absolute Gasteiger partial charge is 0.497 e. The molecule has 0 aliphatic carbocycles. The summed E-state index contributed by atoms with van der Waals surface area (Å²) >= 11 is 0. The maximum atomic E-state index is 15.2. The molecule has 4 fully saturated rings. The molecule has 372 valence electrons. The van der Waals surface area contributed by atoms with E-state index in [9.17, 15) is 27.6 Å². The minimum Gasteiger partial charge on any atom is -0.497 e. The van der Waals surface area contributed by atoms with Gasteiger partial charge in [-0.15, -0.1) is 10.2 Å². The van der Waals surface area contributed by atoms with Gasteiger partial charge in [-0.1, -0.05) is 30.3 Å². The smallest absolute Gasteiger partial charge is 0.324 e. The predicted molar refractivity (Wildman–Crippen MR) is 249 cm³/mol. The Morgan fingerprint density at radius 3 is 1.56 bits per heavy atom. The van der Waals surface area contributed by atoms with Gasteiger partial charge in [-0.2, -0.15) is 8.78 Å². The number of Topliss-reactive ketones (excluding diaryl/α,β-unsaturated/α-hetero) is 1. The number of carbonyl (C=O) groups is 3. The highest BCUT2D eigenvalue weighted by molar-refractivity contribution is 5.97. The zero-order chi connectivity index (χ0) is 49.3. The standard InChI is InChI=1S/C25H26F3N5O4.C24H29FN4O4/c1-35-20-4-2-3-18(12-20)33(25(34)32-9-7-31(8-10-32)19-14-36-15-19)13-17-6-5-16(11-21(17)26)23-29-30-24(37-23)22(27)28;1-32-21-4-2-3-19(12-21)29(14-18-6-5-17(11-22(18)25)23(30)13-26)24(31)28-9-7-27(8-10-28)20-15-33-16-20/h2-6,11-12,19,22H,7-10,13-15H2,1H3;2-6,11-12,20H,7-10,13-16,26H2,1H3. The molecular weight excluding hydrogens is 919 g/mol. The van der Waals surface area contributed by atoms with Crippen molar-refractivity contribution in [2.75, 3.05) is 109 Å². The molecule has 4 aliphatic heterocycles. The summed E-state index contributed by atoms with van der Waals surface area (Å²) in [5.41, 5.74) is 7.48. The number of halogens is 4. The number of rotatable bonds is 14. The number of ketones is 1. The summed E-state index contributed by atoms with van der Waals surface area (Å²) in [5.74, 6) is -1.41. The fourth-order valence-electron chi connectivity index (χ4n) is 8.42. The lowest BCUT2D eigenvalue weighted by Crippen LogP contribution is -2.59. The van der Waals surface area contributed by atoms with Gasteiger partial charge >= 0.3 is 18.5 Å². The first-order valence-electron chi connectivity index (χ1n) is 22.9. The molecule has 70 heavy (non-hydrogen) atoms. The summed E-state index contributed by atoms with van der Waals surface area (Å²) in [6.45, 7) is 7.96. The van der Waals surface area contributed by atoms with Crippen LogP contribution in [-0.4, -0.2) is 159 Å². The number of benzene rings is 4. The van der Waals surface area contributed by atoms with Crippen LogP contribution >= 0.6 is 0 Å². The lowest BCUT2D eigenvalue weighted by molar-refractivity contribution is -0.0738. The lowest BCUT2D eigenvalue weighted by Gasteiger charge is -2.43. The quantitative estimate of drug-likeness (QED) is 0.100. The lowest BCUT2D eigenvalue weighted by atomic mass is 10.1. The monoisotopic (exact) mass is 973 g/mol. The number of piperazine rings is 2. The number of carbonyl (C=O) groups excluding carboxylic acids is 3. The van der Waals surface area contributed by atoms with Gasteiger partial charge in [-0.25, -0.2) is 18.4 Å². The number of methoxy groups -OCH3 is 2. The molecule has 0 unspecified atom stereocenters. The molecule has 0 atom stereocenters. The summed E-state index contributed by atoms with van der Waals surface area (Å²) in [4.78, 5) is 50.3. The van der Waals surface area contributed by atoms with Gasteiger partial charge in [0.1, 0.15) is 23.1 Å². The molecule has 0 saturated carbocycles. The number of ether oxygens (including phenoxy) is 4. The Bertz CT molecular complexity index is 2600. The van der Waals surface area contributed by atoms with Crippen LogP contribution in [0.15, 0.2) is 89.3 Å². The van der Waals surface area contributed by atoms with Gasteiger partial charge in [0.15, 0.2) is 5.78 Å². The minimum absolute atomic E-state index is 0.0195. The third kappa shape index (κ3) is 11.7. The Labute approximate surface area is 402 Å². The van der Waals surface area contributed by atoms with E-state index in [0.717, 1.165) is 45.5 Å². The number of nitrogens with two attached hydrogens (primary N) is 1. The van der Waals surface area contributed by atoms with Crippen molar-refractivity contribution >= 4 is 29.2 Å². The molecule has 5 heterocycles. The number of hydrogen-bond acceptors (Lipinski definition) is 13. The Kier molecular flexibility index (Phi) is 16.2. The molecule has 4 aromatic carbocycles. The number of aromatic nitrogens is 2. The van der Waals surface area contributed by atoms with Crippen LogP contribution in [0.1, 0.15) is 33.8 Å². The Morgan fingerprint density at radius 1 is 0.671 bits per heavy atom. The topological polar surface area (TPSA) is 173 Å². The Balaban J connectivity index is 0.000000190. The second-order valence-corrected chi connectivity index (χ2v) is 17.1. The average molecular weight is 974 g/mol. The van der Waals surface area contributed by atoms with Crippen molar-refractivity contribution in [2.24, 2.45) is 5.73 Å². The van der Waals surface area contributed by atoms with Crippen molar-refractivity contribution in [3.63, 3.8) is 0 Å². The molecule has 0 spiro atoms. The fourth-order valence-corrected chi connectivity index (χ4v) is 8.42. The van der Waals surface area contributed by atoms with E-state index in [4.69, 9.17) is 29.1 Å². The van der Waals surface area contributed by atoms with Crippen LogP contribution in [0.3, 0.4) is 0 Å². The maximum absolute atomic E-state index is 15.2. The molecule has 21 heteroatoms. The first-order chi connectivity index (χ1) is 33.9. The van der Waals surface area contributed by atoms with Gasteiger partial charge in [0.05, 0.1) is 72.4 Å². The zero-order valence-electron chi connectivity index (χ0n) is 38.9. The van der Waals surface area contributed by atoms with Crippen molar-refractivity contribution in [1.82, 2.24) is 29.8 Å². The molecule has 0 bridgehead atoms. The summed E-state index contributed by atoms with van der Waals surface area (Å²) in [6, 6.07) is 22.9. The van der Waals surface area contributed by atoms with Gasteiger partial charge in [0.25, 0.3) is 5.89 Å². The van der Waals surface area contributed by atoms with Crippen LogP contribution in [0, 0.1) is 11.6 Å². The van der Waals surface area contributed by atoms with E-state index >= 15 is 4.39 Å². The summed E-state index contributed by atoms with van der Waals surface area (Å²) in [5, 5.41) is 6.84. The Morgan fingerprint density at radius 2 is 1.16 bits per heavy atom. The fraction of sp³-hybridized carbons (Fsp3) is 0.408. The molecular formula is C49H55F4N9O8. The summed E-state index contributed by atoms with van der Waals surface area (Å²) in [7, 11) is 3.09. The van der Waals surface area contributed by atoms with E-state index < -0.39 is 24.0 Å². The molecule has 5 aromatic rings. The predicted octanol–water partition coefficient (Wildman–Crippen LogP) is 6.08. The highest BCUT2D eigenvalue weighted by atomic mass is 19.3. The van der Waals surface area contributed by atoms with Gasteiger partial charge in [0.2, 0.25) is 5.89 Å². The molecule has 2 N–H and O–H groups in total. The van der Waals surface area contributed by atoms with Crippen molar-refractivity contribution in [2.45, 2.75) is 31.6 Å². The zero-order valence-corrected chi connectivity index (χ0v) is 38.9. The van der Waals surface area contributed by atoms with E-state index in [1.54, 1.807) is 76.4 Å². The molecule has 4 amide bonds. The van der Waals surface area contributed by atoms with Crippen LogP contribution in [0.4, 0.5) is 38.5 Å². The molecule has 4 aliphatic rings. The highest BCUT2D eigenvalue weighted by Gasteiger charge is 2.34. The van der Waals surface area contributed by atoms with E-state index in [1.165, 1.54) is 36.3 Å². The van der Waals surface area contributed by atoms with Crippen LogP contribution in [-0.2, 0) is 22.6 Å². The normalized spacial score (nSPS) is 16.7. The number of urea groups is 2. The van der Waals surface area contributed by atoms with E-state index in [2.05, 4.69) is 20.0 Å². The maximum Gasteiger partial charge on any atom is 0.324 e. The van der Waals surface area contributed by atoms with Crippen LogP contribution < -0.4 is 25.0 Å². The summed E-state index contributed by atoms with van der Waals surface area (Å²) in [6.07, 6.45) is -2.92. The van der Waals surface area contributed by atoms with Gasteiger partial charge in [-0.3, -0.25) is 24.4 Å². The first kappa shape index (κ1) is 49.8. The number of nitrogens with zero attached hydrogens (tertiary/aromatic N) is 8. The van der Waals surface area contributed by atoms with Crippen LogP contribution in [0.2, 0.25) is 0 Å². The van der Waals surface area contributed by atoms with E-state index in [1.807, 2.05) is 0 Å². The number of anilines is 2. The third-order valence-electron chi connectivity index (χ3n) is 12.8. The molecule has 0 radical (unpaired) electrons. The van der Waals surface area contributed by atoms with Crippen molar-refractivity contribution < 1.29 is 55.3 Å². The number of hydrogen-bond donors (Lipinski definition) is 1. The number of amides is 4. The summed E-state index contributed by atoms with van der Waals surface area (Å²) < 4.78 is 81.7. The van der Waals surface area contributed by atoms with Crippen molar-refractivity contribution in [3.8, 4) is 23.0 Å². The second kappa shape index (κ2) is 22.8. The van der Waals surface area contributed by atoms with Crippen LogP contribution in [0.25, 0.3) is 11.5 Å². The van der Waals surface area contributed by atoms with Gasteiger partial charge < -0.3 is 38.9 Å². The number of alkyl halides is 2. The Hall–Kier alpha value is -6.65. The van der Waals surface area contributed by atoms with Gasteiger partial charge in [0, 0.05) is 98.1 Å². The average Bonchev–Trinajstić information content (AvgIpc) is 3.86. The molecule has 4 saturated heterocycles. The van der Waals surface area contributed by atoms with Crippen molar-refractivity contribution in [3.05, 3.63) is 119 Å². The van der Waals surface area contributed by atoms with E-state index in [0.29, 0.717) is 79.9 Å². The third-order valence-corrected chi connectivity index (χ3v) is 12.8. The molecule has 1 aromatic heterocycles. The first-order valence-corrected chi connectivity index (χ1v) is 22.9.